The second kappa shape index (κ2) is 15.9. The van der Waals surface area contributed by atoms with Crippen molar-refractivity contribution < 1.29 is 9.90 Å². The van der Waals surface area contributed by atoms with Crippen molar-refractivity contribution >= 4 is 16.8 Å². The lowest BCUT2D eigenvalue weighted by molar-refractivity contribution is 0.0904. The number of unbranched alkanes of at least 4 members (excludes halogenated alkanes) is 14. The molecule has 1 heterocycles. The van der Waals surface area contributed by atoms with E-state index in [4.69, 9.17) is 5.73 Å². The summed E-state index contributed by atoms with van der Waals surface area (Å²) in [6.45, 7) is 2.81. The Balaban J connectivity index is 1.54. The molecule has 2 rings (SSSR count). The number of aromatic nitrogens is 1. The van der Waals surface area contributed by atoms with Gasteiger partial charge in [-0.2, -0.15) is 0 Å². The first kappa shape index (κ1) is 26.4. The summed E-state index contributed by atoms with van der Waals surface area (Å²) in [5, 5.41) is 10.7. The number of phenols is 1. The predicted molar refractivity (Wildman–Crippen MR) is 137 cm³/mol. The smallest absolute Gasteiger partial charge is 0.231 e. The molecule has 180 valence electrons. The van der Waals surface area contributed by atoms with E-state index in [1.165, 1.54) is 83.5 Å². The van der Waals surface area contributed by atoms with Crippen LogP contribution in [0.3, 0.4) is 0 Å². The van der Waals surface area contributed by atoms with Crippen molar-refractivity contribution in [3.8, 4) is 5.75 Å². The molecule has 0 spiro atoms. The molecule has 0 atom stereocenters. The molecule has 1 aromatic carbocycles. The van der Waals surface area contributed by atoms with Gasteiger partial charge in [-0.1, -0.05) is 96.8 Å². The van der Waals surface area contributed by atoms with Gasteiger partial charge in [-0.25, -0.2) is 0 Å². The van der Waals surface area contributed by atoms with Gasteiger partial charge >= 0.3 is 0 Å². The lowest BCUT2D eigenvalue weighted by atomic mass is 10.0. The van der Waals surface area contributed by atoms with Crippen molar-refractivity contribution in [2.75, 3.05) is 6.54 Å². The number of fused-ring (bicyclic) bond motifs is 1. The van der Waals surface area contributed by atoms with Crippen molar-refractivity contribution in [1.29, 1.82) is 0 Å². The van der Waals surface area contributed by atoms with Crippen LogP contribution in [0.5, 0.6) is 5.75 Å². The van der Waals surface area contributed by atoms with Gasteiger partial charge in [0, 0.05) is 18.0 Å². The van der Waals surface area contributed by atoms with Crippen LogP contribution in [0, 0.1) is 0 Å². The molecule has 0 bridgehead atoms. The van der Waals surface area contributed by atoms with Gasteiger partial charge in [-0.05, 0) is 43.1 Å². The van der Waals surface area contributed by atoms with Crippen molar-refractivity contribution in [3.05, 3.63) is 30.0 Å². The highest BCUT2D eigenvalue weighted by Gasteiger charge is 2.13. The molecule has 0 saturated heterocycles. The Labute approximate surface area is 195 Å². The summed E-state index contributed by atoms with van der Waals surface area (Å²) in [7, 11) is 0. The van der Waals surface area contributed by atoms with E-state index in [1.807, 2.05) is 12.3 Å². The van der Waals surface area contributed by atoms with Crippen LogP contribution in [-0.2, 0) is 6.42 Å². The highest BCUT2D eigenvalue weighted by molar-refractivity contribution is 5.95. The lowest BCUT2D eigenvalue weighted by Crippen LogP contribution is -2.09. The largest absolute Gasteiger partial charge is 0.508 e. The van der Waals surface area contributed by atoms with Gasteiger partial charge in [-0.15, -0.1) is 0 Å². The summed E-state index contributed by atoms with van der Waals surface area (Å²) in [5.74, 6) is 0.363. The van der Waals surface area contributed by atoms with E-state index in [0.29, 0.717) is 19.4 Å². The number of phenolic OH excluding ortho intramolecular Hbond substituents is 1. The quantitative estimate of drug-likeness (QED) is 0.232. The Hall–Kier alpha value is -1.81. The highest BCUT2D eigenvalue weighted by Crippen LogP contribution is 2.26. The topological polar surface area (TPSA) is 68.2 Å². The Morgan fingerprint density at radius 3 is 1.91 bits per heavy atom. The number of hydrogen-bond donors (Lipinski definition) is 2. The average molecular weight is 443 g/mol. The molecule has 0 aliphatic heterocycles. The summed E-state index contributed by atoms with van der Waals surface area (Å²) in [6.07, 6.45) is 23.1. The van der Waals surface area contributed by atoms with E-state index in [1.54, 1.807) is 16.7 Å². The van der Waals surface area contributed by atoms with Gasteiger partial charge < -0.3 is 10.8 Å². The Morgan fingerprint density at radius 1 is 0.844 bits per heavy atom. The molecular formula is C28H46N2O2. The minimum atomic E-state index is 0.138. The third kappa shape index (κ3) is 9.36. The van der Waals surface area contributed by atoms with E-state index in [9.17, 15) is 9.90 Å². The first-order valence-corrected chi connectivity index (χ1v) is 13.2. The molecule has 4 heteroatoms. The Bertz CT molecular complexity index is 781. The van der Waals surface area contributed by atoms with E-state index in [-0.39, 0.29) is 11.7 Å². The molecule has 2 aromatic rings. The number of benzene rings is 1. The van der Waals surface area contributed by atoms with Crippen LogP contribution in [0.25, 0.3) is 10.9 Å². The average Bonchev–Trinajstić information content (AvgIpc) is 3.14. The molecule has 0 fully saturated rings. The van der Waals surface area contributed by atoms with Gasteiger partial charge in [0.25, 0.3) is 0 Å². The van der Waals surface area contributed by atoms with Crippen molar-refractivity contribution in [1.82, 2.24) is 4.57 Å². The van der Waals surface area contributed by atoms with Gasteiger partial charge in [-0.3, -0.25) is 9.36 Å². The molecule has 0 aliphatic carbocycles. The standard InChI is InChI=1S/C28H46N2O2/c1-2-3-4-5-6-7-8-9-10-11-12-13-14-15-16-17-28(32)30-23-24(20-21-29)26-22-25(31)18-19-27(26)30/h18-19,22-23,31H,2-17,20-21,29H2,1H3. The van der Waals surface area contributed by atoms with E-state index in [0.717, 1.165) is 29.3 Å². The minimum absolute atomic E-state index is 0.138. The monoisotopic (exact) mass is 442 g/mol. The van der Waals surface area contributed by atoms with Crippen LogP contribution < -0.4 is 5.73 Å². The summed E-state index contributed by atoms with van der Waals surface area (Å²) in [5.41, 5.74) is 7.62. The van der Waals surface area contributed by atoms with E-state index < -0.39 is 0 Å². The van der Waals surface area contributed by atoms with E-state index in [2.05, 4.69) is 6.92 Å². The van der Waals surface area contributed by atoms with Crippen molar-refractivity contribution in [2.45, 2.75) is 116 Å². The Kier molecular flexibility index (Phi) is 13.1. The number of rotatable bonds is 18. The number of hydrogen-bond acceptors (Lipinski definition) is 3. The summed E-state index contributed by atoms with van der Waals surface area (Å²) in [4.78, 5) is 12.8. The Morgan fingerprint density at radius 2 is 1.38 bits per heavy atom. The van der Waals surface area contributed by atoms with Gasteiger partial charge in [0.15, 0.2) is 0 Å². The maximum atomic E-state index is 12.8. The number of nitrogens with zero attached hydrogens (tertiary/aromatic N) is 1. The molecular weight excluding hydrogens is 396 g/mol. The second-order valence-corrected chi connectivity index (χ2v) is 9.36. The minimum Gasteiger partial charge on any atom is -0.508 e. The predicted octanol–water partition coefficient (Wildman–Crippen LogP) is 7.75. The fourth-order valence-corrected chi connectivity index (χ4v) is 4.62. The number of carbonyl (C=O) groups excluding carboxylic acids is 1. The van der Waals surface area contributed by atoms with Crippen LogP contribution in [0.2, 0.25) is 0 Å². The molecule has 32 heavy (non-hydrogen) atoms. The number of carbonyl (C=O) groups is 1. The fourth-order valence-electron chi connectivity index (χ4n) is 4.62. The zero-order chi connectivity index (χ0) is 23.0. The van der Waals surface area contributed by atoms with Crippen LogP contribution in [-0.4, -0.2) is 22.1 Å². The van der Waals surface area contributed by atoms with Crippen LogP contribution in [0.1, 0.15) is 120 Å². The second-order valence-electron chi connectivity index (χ2n) is 9.36. The molecule has 0 amide bonds. The fraction of sp³-hybridized carbons (Fsp3) is 0.679. The highest BCUT2D eigenvalue weighted by atomic mass is 16.3. The SMILES string of the molecule is CCCCCCCCCCCCCCCCCC(=O)n1cc(CCN)c2cc(O)ccc21. The first-order chi connectivity index (χ1) is 15.7. The van der Waals surface area contributed by atoms with Crippen LogP contribution >= 0.6 is 0 Å². The third-order valence-electron chi connectivity index (χ3n) is 6.55. The van der Waals surface area contributed by atoms with Gasteiger partial charge in [0.2, 0.25) is 5.91 Å². The molecule has 0 saturated carbocycles. The lowest BCUT2D eigenvalue weighted by Gasteiger charge is -2.05. The number of nitrogens with two attached hydrogens (primary N) is 1. The normalized spacial score (nSPS) is 11.4. The van der Waals surface area contributed by atoms with Crippen LogP contribution in [0.15, 0.2) is 24.4 Å². The maximum absolute atomic E-state index is 12.8. The number of aromatic hydroxyl groups is 1. The zero-order valence-corrected chi connectivity index (χ0v) is 20.4. The van der Waals surface area contributed by atoms with Crippen molar-refractivity contribution in [3.63, 3.8) is 0 Å². The molecule has 4 nitrogen and oxygen atoms in total. The molecule has 0 aliphatic rings. The zero-order valence-electron chi connectivity index (χ0n) is 20.4. The van der Waals surface area contributed by atoms with E-state index >= 15 is 0 Å². The summed E-state index contributed by atoms with van der Waals surface area (Å²) >= 11 is 0. The molecule has 3 N–H and O–H groups in total. The summed E-state index contributed by atoms with van der Waals surface area (Å²) in [6, 6.07) is 5.21. The molecule has 1 aromatic heterocycles. The third-order valence-corrected chi connectivity index (χ3v) is 6.55. The first-order valence-electron chi connectivity index (χ1n) is 13.2. The molecule has 0 radical (unpaired) electrons. The summed E-state index contributed by atoms with van der Waals surface area (Å²) < 4.78 is 1.75. The van der Waals surface area contributed by atoms with Crippen LogP contribution in [0.4, 0.5) is 0 Å². The van der Waals surface area contributed by atoms with Gasteiger partial charge in [0.05, 0.1) is 5.52 Å². The maximum Gasteiger partial charge on any atom is 0.231 e. The van der Waals surface area contributed by atoms with Crippen molar-refractivity contribution in [2.24, 2.45) is 5.73 Å². The molecule has 0 unspecified atom stereocenters. The van der Waals surface area contributed by atoms with Gasteiger partial charge in [0.1, 0.15) is 5.75 Å².